The lowest BCUT2D eigenvalue weighted by Gasteiger charge is -2.32. The molecule has 0 fully saturated rings. The van der Waals surface area contributed by atoms with Gasteiger partial charge in [-0.15, -0.1) is 0 Å². The van der Waals surface area contributed by atoms with Crippen LogP contribution >= 0.6 is 11.8 Å². The van der Waals surface area contributed by atoms with E-state index in [1.807, 2.05) is 0 Å². The Morgan fingerprint density at radius 1 is 1.47 bits per heavy atom. The average molecular weight is 256 g/mol. The Bertz CT molecular complexity index is 420. The van der Waals surface area contributed by atoms with Crippen LogP contribution in [0.3, 0.4) is 0 Å². The molecule has 2 unspecified atom stereocenters. The fourth-order valence-electron chi connectivity index (χ4n) is 2.20. The van der Waals surface area contributed by atoms with E-state index in [-0.39, 0.29) is 16.8 Å². The molecule has 0 bridgehead atoms. The van der Waals surface area contributed by atoms with E-state index in [0.29, 0.717) is 22.8 Å². The fraction of sp³-hybridized carbons (Fsp3) is 0.538. The molecule has 0 aromatic heterocycles. The predicted octanol–water partition coefficient (Wildman–Crippen LogP) is 3.14. The van der Waals surface area contributed by atoms with Crippen molar-refractivity contribution in [2.24, 2.45) is 5.92 Å². The van der Waals surface area contributed by atoms with E-state index in [1.165, 1.54) is 7.11 Å². The van der Waals surface area contributed by atoms with Gasteiger partial charge in [-0.3, -0.25) is 0 Å². The van der Waals surface area contributed by atoms with E-state index in [2.05, 4.69) is 13.8 Å². The Morgan fingerprint density at radius 3 is 2.76 bits per heavy atom. The number of rotatable bonds is 2. The minimum absolute atomic E-state index is 0.135. The van der Waals surface area contributed by atoms with Crippen LogP contribution in [0.2, 0.25) is 0 Å². The highest BCUT2D eigenvalue weighted by Crippen LogP contribution is 2.43. The second-order valence-electron chi connectivity index (χ2n) is 4.61. The number of hydrogen-bond donors (Lipinski definition) is 1. The maximum Gasteiger partial charge on any atom is 0.169 e. The highest BCUT2D eigenvalue weighted by atomic mass is 32.2. The molecule has 0 radical (unpaired) electrons. The van der Waals surface area contributed by atoms with Crippen LogP contribution in [0.15, 0.2) is 12.1 Å². The maximum absolute atomic E-state index is 14.0. The lowest BCUT2D eigenvalue weighted by atomic mass is 9.94. The molecular weight excluding hydrogens is 239 g/mol. The van der Waals surface area contributed by atoms with Gasteiger partial charge in [0.05, 0.1) is 13.2 Å². The van der Waals surface area contributed by atoms with E-state index in [0.717, 1.165) is 0 Å². The van der Waals surface area contributed by atoms with Gasteiger partial charge in [-0.2, -0.15) is 11.8 Å². The monoisotopic (exact) mass is 256 g/mol. The molecule has 2 rings (SSSR count). The van der Waals surface area contributed by atoms with Crippen LogP contribution in [0, 0.1) is 11.7 Å². The molecule has 1 aromatic carbocycles. The van der Waals surface area contributed by atoms with Crippen LogP contribution in [-0.4, -0.2) is 17.5 Å². The van der Waals surface area contributed by atoms with Crippen LogP contribution in [-0.2, 0) is 5.75 Å². The van der Waals surface area contributed by atoms with Crippen molar-refractivity contribution in [1.29, 1.82) is 0 Å². The zero-order valence-electron chi connectivity index (χ0n) is 10.2. The van der Waals surface area contributed by atoms with Gasteiger partial charge in [-0.05, 0) is 17.5 Å². The number of hydrogen-bond acceptors (Lipinski definition) is 3. The van der Waals surface area contributed by atoms with E-state index < -0.39 is 6.10 Å². The quantitative estimate of drug-likeness (QED) is 0.881. The number of fused-ring (bicyclic) bond motifs is 1. The van der Waals surface area contributed by atoms with Crippen LogP contribution in [0.25, 0.3) is 0 Å². The van der Waals surface area contributed by atoms with Gasteiger partial charge in [-0.25, -0.2) is 4.39 Å². The summed E-state index contributed by atoms with van der Waals surface area (Å²) in [5.74, 6) is 0.879. The summed E-state index contributed by atoms with van der Waals surface area (Å²) < 4.78 is 19.0. The van der Waals surface area contributed by atoms with Gasteiger partial charge in [0.2, 0.25) is 0 Å². The molecule has 2 nitrogen and oxygen atoms in total. The summed E-state index contributed by atoms with van der Waals surface area (Å²) in [6, 6.07) is 3.36. The van der Waals surface area contributed by atoms with Gasteiger partial charge in [-0.1, -0.05) is 19.9 Å². The number of benzene rings is 1. The van der Waals surface area contributed by atoms with Crippen molar-refractivity contribution >= 4 is 11.8 Å². The predicted molar refractivity (Wildman–Crippen MR) is 67.8 cm³/mol. The summed E-state index contributed by atoms with van der Waals surface area (Å²) in [5, 5.41) is 10.4. The first-order valence-corrected chi connectivity index (χ1v) is 6.76. The SMILES string of the molecule is COc1ccc2c(c1F)CSC(C(C)C)C2O. The van der Waals surface area contributed by atoms with E-state index >= 15 is 0 Å². The van der Waals surface area contributed by atoms with Crippen molar-refractivity contribution in [3.63, 3.8) is 0 Å². The largest absolute Gasteiger partial charge is 0.494 e. The molecule has 0 saturated heterocycles. The molecule has 1 aromatic rings. The molecule has 1 heterocycles. The van der Waals surface area contributed by atoms with Gasteiger partial charge < -0.3 is 9.84 Å². The molecule has 94 valence electrons. The summed E-state index contributed by atoms with van der Waals surface area (Å²) >= 11 is 1.61. The number of ether oxygens (including phenoxy) is 1. The molecule has 4 heteroatoms. The van der Waals surface area contributed by atoms with E-state index in [1.54, 1.807) is 23.9 Å². The normalized spacial score (nSPS) is 23.6. The smallest absolute Gasteiger partial charge is 0.169 e. The molecule has 0 aliphatic carbocycles. The molecule has 2 atom stereocenters. The molecule has 0 amide bonds. The van der Waals surface area contributed by atoms with Gasteiger partial charge in [0.1, 0.15) is 0 Å². The Hall–Kier alpha value is -0.740. The molecule has 17 heavy (non-hydrogen) atoms. The van der Waals surface area contributed by atoms with Gasteiger partial charge in [0, 0.05) is 16.6 Å². The third-order valence-electron chi connectivity index (χ3n) is 3.17. The van der Waals surface area contributed by atoms with Crippen LogP contribution in [0.1, 0.15) is 31.1 Å². The number of methoxy groups -OCH3 is 1. The number of thioether (sulfide) groups is 1. The Kier molecular flexibility index (Phi) is 3.64. The van der Waals surface area contributed by atoms with Crippen LogP contribution < -0.4 is 4.74 Å². The summed E-state index contributed by atoms with van der Waals surface area (Å²) in [6.45, 7) is 4.15. The first kappa shape index (κ1) is 12.7. The topological polar surface area (TPSA) is 29.5 Å². The third-order valence-corrected chi connectivity index (χ3v) is 4.81. The second kappa shape index (κ2) is 4.86. The molecule has 1 N–H and O–H groups in total. The lowest BCUT2D eigenvalue weighted by molar-refractivity contribution is 0.155. The van der Waals surface area contributed by atoms with Gasteiger partial charge >= 0.3 is 0 Å². The van der Waals surface area contributed by atoms with Gasteiger partial charge in [0.25, 0.3) is 0 Å². The zero-order chi connectivity index (χ0) is 12.6. The lowest BCUT2D eigenvalue weighted by Crippen LogP contribution is -2.26. The van der Waals surface area contributed by atoms with Crippen LogP contribution in [0.5, 0.6) is 5.75 Å². The summed E-state index contributed by atoms with van der Waals surface area (Å²) in [5.41, 5.74) is 1.29. The van der Waals surface area contributed by atoms with Crippen molar-refractivity contribution in [2.75, 3.05) is 7.11 Å². The minimum Gasteiger partial charge on any atom is -0.494 e. The summed E-state index contributed by atoms with van der Waals surface area (Å²) in [7, 11) is 1.45. The van der Waals surface area contributed by atoms with E-state index in [9.17, 15) is 9.50 Å². The Morgan fingerprint density at radius 2 is 2.18 bits per heavy atom. The minimum atomic E-state index is -0.593. The first-order chi connectivity index (χ1) is 8.06. The summed E-state index contributed by atoms with van der Waals surface area (Å²) in [4.78, 5) is 0. The van der Waals surface area contributed by atoms with Crippen molar-refractivity contribution in [3.05, 3.63) is 29.1 Å². The highest BCUT2D eigenvalue weighted by molar-refractivity contribution is 7.99. The Balaban J connectivity index is 2.42. The molecule has 1 aliphatic heterocycles. The van der Waals surface area contributed by atoms with Gasteiger partial charge in [0.15, 0.2) is 11.6 Å². The van der Waals surface area contributed by atoms with E-state index in [4.69, 9.17) is 4.74 Å². The van der Waals surface area contributed by atoms with Crippen molar-refractivity contribution < 1.29 is 14.2 Å². The average Bonchev–Trinajstić information content (AvgIpc) is 2.30. The van der Waals surface area contributed by atoms with Crippen molar-refractivity contribution in [2.45, 2.75) is 31.0 Å². The molecule has 0 spiro atoms. The second-order valence-corrected chi connectivity index (χ2v) is 5.78. The fourth-order valence-corrected chi connectivity index (χ4v) is 3.57. The number of aliphatic hydroxyl groups excluding tert-OH is 1. The standard InChI is InChI=1S/C13H17FO2S/c1-7(2)13-12(15)8-4-5-10(16-3)11(14)9(8)6-17-13/h4-5,7,12-13,15H,6H2,1-3H3. The number of aliphatic hydroxyl groups is 1. The highest BCUT2D eigenvalue weighted by Gasteiger charge is 2.32. The molecule has 1 aliphatic rings. The van der Waals surface area contributed by atoms with Crippen molar-refractivity contribution in [3.8, 4) is 5.75 Å². The summed E-state index contributed by atoms with van der Waals surface area (Å²) in [6.07, 6.45) is -0.593. The van der Waals surface area contributed by atoms with Crippen molar-refractivity contribution in [1.82, 2.24) is 0 Å². The first-order valence-electron chi connectivity index (χ1n) is 5.71. The molecular formula is C13H17FO2S. The Labute approximate surface area is 105 Å². The maximum atomic E-state index is 14.0. The third kappa shape index (κ3) is 2.16. The van der Waals surface area contributed by atoms with Crippen LogP contribution in [0.4, 0.5) is 4.39 Å². The molecule has 0 saturated carbocycles. The zero-order valence-corrected chi connectivity index (χ0v) is 11.1. The number of halogens is 1.